The highest BCUT2D eigenvalue weighted by molar-refractivity contribution is 5.71. The molecule has 0 aromatic heterocycles. The average molecular weight is 234 g/mol. The Hall–Kier alpha value is -1.37. The molecular weight excluding hydrogens is 216 g/mol. The number of hydrogen-bond donors (Lipinski definition) is 2. The molecule has 1 rings (SSSR count). The molecule has 0 unspecified atom stereocenters. The first kappa shape index (κ1) is 14.6. The van der Waals surface area contributed by atoms with Crippen LogP contribution in [-0.2, 0) is 4.79 Å². The minimum Gasteiger partial charge on any atom is -0.481 e. The van der Waals surface area contributed by atoms with Crippen molar-refractivity contribution in [3.63, 3.8) is 0 Å². The van der Waals surface area contributed by atoms with Crippen LogP contribution < -0.4 is 5.73 Å². The zero-order valence-electron chi connectivity index (χ0n) is 9.73. The molecule has 0 spiro atoms. The number of hydrogen-bond acceptors (Lipinski definition) is 4. The highest BCUT2D eigenvalue weighted by Gasteiger charge is 2.55. The molecule has 2 atom stereocenters. The van der Waals surface area contributed by atoms with Crippen molar-refractivity contribution < 1.29 is 20.7 Å². The van der Waals surface area contributed by atoms with Crippen LogP contribution in [0.3, 0.4) is 0 Å². The van der Waals surface area contributed by atoms with Gasteiger partial charge < -0.3 is 26.2 Å². The summed E-state index contributed by atoms with van der Waals surface area (Å²) in [5.74, 6) is -0.896. The SMILES string of the molecule is CC1(C)[C@@H](C(=O)O)CC[C@@]1(C)[NH3+].O=[N+]([O-])[O-]. The van der Waals surface area contributed by atoms with Crippen LogP contribution in [-0.4, -0.2) is 21.7 Å². The summed E-state index contributed by atoms with van der Waals surface area (Å²) < 4.78 is 0. The Kier molecular flexibility index (Phi) is 4.25. The van der Waals surface area contributed by atoms with Crippen molar-refractivity contribution in [2.75, 3.05) is 0 Å². The van der Waals surface area contributed by atoms with E-state index in [-0.39, 0.29) is 16.9 Å². The van der Waals surface area contributed by atoms with Crippen LogP contribution in [0.2, 0.25) is 0 Å². The third-order valence-electron chi connectivity index (χ3n) is 3.71. The van der Waals surface area contributed by atoms with E-state index in [2.05, 4.69) is 12.7 Å². The van der Waals surface area contributed by atoms with Crippen LogP contribution in [0.1, 0.15) is 33.6 Å². The van der Waals surface area contributed by atoms with Gasteiger partial charge in [0.05, 0.1) is 16.5 Å². The minimum atomic E-state index is -1.75. The van der Waals surface area contributed by atoms with Gasteiger partial charge in [-0.1, -0.05) is 13.8 Å². The van der Waals surface area contributed by atoms with Gasteiger partial charge in [0, 0.05) is 11.8 Å². The number of quaternary nitrogens is 1. The van der Waals surface area contributed by atoms with Gasteiger partial charge in [-0.25, -0.2) is 0 Å². The van der Waals surface area contributed by atoms with Gasteiger partial charge in [-0.15, -0.1) is 0 Å². The highest BCUT2D eigenvalue weighted by Crippen LogP contribution is 2.47. The van der Waals surface area contributed by atoms with E-state index in [1.165, 1.54) is 0 Å². The highest BCUT2D eigenvalue weighted by atomic mass is 16.9. The molecular formula is C9H18N2O5. The van der Waals surface area contributed by atoms with Crippen LogP contribution in [0.5, 0.6) is 0 Å². The van der Waals surface area contributed by atoms with E-state index in [1.807, 2.05) is 13.8 Å². The van der Waals surface area contributed by atoms with Crippen LogP contribution in [0.15, 0.2) is 0 Å². The average Bonchev–Trinajstić information content (AvgIpc) is 2.20. The lowest BCUT2D eigenvalue weighted by Crippen LogP contribution is -2.76. The van der Waals surface area contributed by atoms with Gasteiger partial charge in [0.25, 0.3) is 0 Å². The molecule has 16 heavy (non-hydrogen) atoms. The first-order valence-corrected chi connectivity index (χ1v) is 4.92. The fraction of sp³-hybridized carbons (Fsp3) is 0.889. The third-order valence-corrected chi connectivity index (χ3v) is 3.71. The summed E-state index contributed by atoms with van der Waals surface area (Å²) in [6, 6.07) is 0. The summed E-state index contributed by atoms with van der Waals surface area (Å²) >= 11 is 0. The normalized spacial score (nSPS) is 31.4. The van der Waals surface area contributed by atoms with E-state index < -0.39 is 11.1 Å². The quantitative estimate of drug-likeness (QED) is 0.496. The fourth-order valence-electron chi connectivity index (χ4n) is 2.00. The first-order chi connectivity index (χ1) is 7.02. The third kappa shape index (κ3) is 3.06. The van der Waals surface area contributed by atoms with E-state index in [9.17, 15) is 4.79 Å². The van der Waals surface area contributed by atoms with Crippen LogP contribution in [0.4, 0.5) is 0 Å². The maximum absolute atomic E-state index is 10.9. The van der Waals surface area contributed by atoms with Crippen molar-refractivity contribution in [1.29, 1.82) is 0 Å². The lowest BCUT2D eigenvalue weighted by atomic mass is 9.72. The molecule has 0 saturated heterocycles. The predicted octanol–water partition coefficient (Wildman–Crippen LogP) is 0.269. The molecule has 7 heteroatoms. The zero-order chi connectivity index (χ0) is 13.1. The Morgan fingerprint density at radius 1 is 1.44 bits per heavy atom. The Labute approximate surface area is 93.4 Å². The maximum atomic E-state index is 10.9. The van der Waals surface area contributed by atoms with E-state index >= 15 is 0 Å². The molecule has 94 valence electrons. The summed E-state index contributed by atoms with van der Waals surface area (Å²) in [5, 5.41) is 23.7. The van der Waals surface area contributed by atoms with Crippen LogP contribution in [0, 0.1) is 26.7 Å². The fourth-order valence-corrected chi connectivity index (χ4v) is 2.00. The van der Waals surface area contributed by atoms with Crippen molar-refractivity contribution in [3.8, 4) is 0 Å². The van der Waals surface area contributed by atoms with E-state index in [0.717, 1.165) is 12.8 Å². The minimum absolute atomic E-state index is 0.0872. The number of aliphatic carboxylic acids is 1. The Morgan fingerprint density at radius 3 is 1.94 bits per heavy atom. The number of nitrogens with zero attached hydrogens (tertiary/aromatic N) is 1. The van der Waals surface area contributed by atoms with Gasteiger partial charge in [-0.05, 0) is 13.3 Å². The van der Waals surface area contributed by atoms with Crippen molar-refractivity contribution >= 4 is 5.97 Å². The second-order valence-corrected chi connectivity index (χ2v) is 4.94. The Bertz CT molecular complexity index is 284. The molecule has 0 aromatic rings. The van der Waals surface area contributed by atoms with Gasteiger partial charge >= 0.3 is 5.97 Å². The smallest absolute Gasteiger partial charge is 0.307 e. The Morgan fingerprint density at radius 2 is 1.81 bits per heavy atom. The lowest BCUT2D eigenvalue weighted by molar-refractivity contribution is -0.494. The molecule has 1 aliphatic carbocycles. The van der Waals surface area contributed by atoms with Crippen molar-refractivity contribution in [3.05, 3.63) is 15.3 Å². The molecule has 0 aromatic carbocycles. The molecule has 1 aliphatic rings. The van der Waals surface area contributed by atoms with Gasteiger partial charge in [0.2, 0.25) is 0 Å². The van der Waals surface area contributed by atoms with Gasteiger partial charge in [0.15, 0.2) is 0 Å². The molecule has 1 fully saturated rings. The molecule has 0 bridgehead atoms. The molecule has 0 radical (unpaired) electrons. The molecule has 0 amide bonds. The maximum Gasteiger partial charge on any atom is 0.307 e. The molecule has 0 aliphatic heterocycles. The zero-order valence-corrected chi connectivity index (χ0v) is 9.73. The molecule has 0 heterocycles. The summed E-state index contributed by atoms with van der Waals surface area (Å²) in [4.78, 5) is 19.1. The van der Waals surface area contributed by atoms with E-state index in [4.69, 9.17) is 20.4 Å². The summed E-state index contributed by atoms with van der Waals surface area (Å²) in [7, 11) is 0. The van der Waals surface area contributed by atoms with Crippen LogP contribution in [0.25, 0.3) is 0 Å². The number of carbonyl (C=O) groups is 1. The number of carboxylic acids is 1. The molecule has 4 N–H and O–H groups in total. The number of rotatable bonds is 1. The molecule has 1 saturated carbocycles. The van der Waals surface area contributed by atoms with Gasteiger partial charge in [-0.2, -0.15) is 0 Å². The standard InChI is InChI=1S/C9H17NO2.NO3/c1-8(2)6(7(11)12)4-5-9(8,3)10;2-1(3)4/h6H,4-5,10H2,1-3H3,(H,11,12);/q;-1/p+1/t6-,9-;/m1./s1. The largest absolute Gasteiger partial charge is 0.481 e. The van der Waals surface area contributed by atoms with Gasteiger partial charge in [0.1, 0.15) is 0 Å². The summed E-state index contributed by atoms with van der Waals surface area (Å²) in [6.07, 6.45) is 1.68. The summed E-state index contributed by atoms with van der Waals surface area (Å²) in [5.41, 5.74) is 3.82. The summed E-state index contributed by atoms with van der Waals surface area (Å²) in [6.45, 7) is 6.06. The second-order valence-electron chi connectivity index (χ2n) is 4.94. The topological polar surface area (TPSA) is 131 Å². The number of carboxylic acid groups (broad SMARTS) is 1. The van der Waals surface area contributed by atoms with Crippen molar-refractivity contribution in [2.24, 2.45) is 11.3 Å². The van der Waals surface area contributed by atoms with E-state index in [0.29, 0.717) is 0 Å². The van der Waals surface area contributed by atoms with E-state index in [1.54, 1.807) is 0 Å². The predicted molar refractivity (Wildman–Crippen MR) is 55.8 cm³/mol. The second kappa shape index (κ2) is 4.65. The lowest BCUT2D eigenvalue weighted by Gasteiger charge is -2.33. The van der Waals surface area contributed by atoms with Gasteiger partial charge in [-0.3, -0.25) is 4.79 Å². The first-order valence-electron chi connectivity index (χ1n) is 4.92. The Balaban J connectivity index is 0.000000487. The monoisotopic (exact) mass is 234 g/mol. The van der Waals surface area contributed by atoms with Crippen molar-refractivity contribution in [2.45, 2.75) is 39.2 Å². The molecule has 7 nitrogen and oxygen atoms in total. The van der Waals surface area contributed by atoms with Crippen molar-refractivity contribution in [1.82, 2.24) is 0 Å². The van der Waals surface area contributed by atoms with Crippen LogP contribution >= 0.6 is 0 Å².